The number of nitrogens with two attached hydrogens (primary N) is 1. The van der Waals surface area contributed by atoms with Gasteiger partial charge in [-0.3, -0.25) is 4.98 Å². The third-order valence-corrected chi connectivity index (χ3v) is 5.76. The van der Waals surface area contributed by atoms with Gasteiger partial charge >= 0.3 is 0 Å². The van der Waals surface area contributed by atoms with Crippen molar-refractivity contribution in [3.05, 3.63) is 30.1 Å². The maximum Gasteiger partial charge on any atom is 0.0459 e. The van der Waals surface area contributed by atoms with Crippen molar-refractivity contribution in [2.45, 2.75) is 37.6 Å². The van der Waals surface area contributed by atoms with Crippen LogP contribution in [0.3, 0.4) is 0 Å². The molecule has 2 nitrogen and oxygen atoms in total. The van der Waals surface area contributed by atoms with Gasteiger partial charge < -0.3 is 5.73 Å². The van der Waals surface area contributed by atoms with E-state index in [2.05, 4.69) is 11.1 Å². The van der Waals surface area contributed by atoms with Crippen LogP contribution in [0.4, 0.5) is 0 Å². The summed E-state index contributed by atoms with van der Waals surface area (Å²) in [5, 5.41) is 0. The fourth-order valence-electron chi connectivity index (χ4n) is 5.16. The molecule has 1 heterocycles. The molecule has 0 spiro atoms. The van der Waals surface area contributed by atoms with E-state index in [9.17, 15) is 0 Å². The van der Waals surface area contributed by atoms with E-state index in [-0.39, 0.29) is 5.54 Å². The lowest BCUT2D eigenvalue weighted by atomic mass is 9.69. The normalized spacial score (nSPS) is 47.4. The van der Waals surface area contributed by atoms with Crippen LogP contribution in [0.5, 0.6) is 0 Å². The third kappa shape index (κ3) is 1.22. The summed E-state index contributed by atoms with van der Waals surface area (Å²) in [4.78, 5) is 4.26. The highest BCUT2D eigenvalue weighted by molar-refractivity contribution is 5.27. The van der Waals surface area contributed by atoms with Crippen LogP contribution < -0.4 is 5.73 Å². The summed E-state index contributed by atoms with van der Waals surface area (Å²) >= 11 is 0. The monoisotopic (exact) mass is 228 g/mol. The number of nitrogens with zero attached hydrogens (tertiary/aromatic N) is 1. The second-order valence-corrected chi connectivity index (χ2v) is 6.35. The van der Waals surface area contributed by atoms with Crippen LogP contribution in [0.1, 0.15) is 37.7 Å². The Labute approximate surface area is 103 Å². The van der Waals surface area contributed by atoms with Gasteiger partial charge in [0.15, 0.2) is 0 Å². The van der Waals surface area contributed by atoms with E-state index in [0.29, 0.717) is 0 Å². The quantitative estimate of drug-likeness (QED) is 0.802. The Hall–Kier alpha value is -0.890. The Morgan fingerprint density at radius 3 is 3.00 bits per heavy atom. The smallest absolute Gasteiger partial charge is 0.0459 e. The molecule has 3 aliphatic rings. The van der Waals surface area contributed by atoms with Crippen molar-refractivity contribution >= 4 is 0 Å². The summed E-state index contributed by atoms with van der Waals surface area (Å²) in [6, 6.07) is 4.21. The molecule has 90 valence electrons. The fraction of sp³-hybridized carbons (Fsp3) is 0.667. The summed E-state index contributed by atoms with van der Waals surface area (Å²) in [6.45, 7) is 0. The molecule has 0 aliphatic heterocycles. The minimum atomic E-state index is -0.0650. The van der Waals surface area contributed by atoms with Gasteiger partial charge in [-0.25, -0.2) is 0 Å². The fourth-order valence-corrected chi connectivity index (χ4v) is 5.16. The van der Waals surface area contributed by atoms with Crippen LogP contribution in [0.25, 0.3) is 0 Å². The largest absolute Gasteiger partial charge is 0.321 e. The van der Waals surface area contributed by atoms with Crippen LogP contribution >= 0.6 is 0 Å². The van der Waals surface area contributed by atoms with Crippen molar-refractivity contribution in [3.63, 3.8) is 0 Å². The molecule has 5 unspecified atom stereocenters. The van der Waals surface area contributed by atoms with Gasteiger partial charge in [0.1, 0.15) is 0 Å². The lowest BCUT2D eigenvalue weighted by molar-refractivity contribution is 0.156. The molecule has 4 rings (SSSR count). The molecule has 17 heavy (non-hydrogen) atoms. The first kappa shape index (κ1) is 10.1. The lowest BCUT2D eigenvalue weighted by Gasteiger charge is -2.40. The molecule has 0 amide bonds. The van der Waals surface area contributed by atoms with Crippen LogP contribution in [-0.4, -0.2) is 4.98 Å². The lowest BCUT2D eigenvalue weighted by Crippen LogP contribution is -2.46. The molecule has 2 bridgehead atoms. The van der Waals surface area contributed by atoms with Gasteiger partial charge in [0.2, 0.25) is 0 Å². The molecule has 1 aromatic rings. The Morgan fingerprint density at radius 1 is 1.29 bits per heavy atom. The molecule has 3 saturated carbocycles. The van der Waals surface area contributed by atoms with E-state index >= 15 is 0 Å². The van der Waals surface area contributed by atoms with Gasteiger partial charge in [-0.1, -0.05) is 12.5 Å². The molecule has 3 aliphatic carbocycles. The maximum absolute atomic E-state index is 6.78. The van der Waals surface area contributed by atoms with Crippen molar-refractivity contribution in [3.8, 4) is 0 Å². The Morgan fingerprint density at radius 2 is 2.18 bits per heavy atom. The minimum Gasteiger partial charge on any atom is -0.321 e. The second kappa shape index (κ2) is 3.32. The van der Waals surface area contributed by atoms with Gasteiger partial charge in [-0.2, -0.15) is 0 Å². The zero-order valence-electron chi connectivity index (χ0n) is 10.2. The Bertz CT molecular complexity index is 430. The highest BCUT2D eigenvalue weighted by Gasteiger charge is 2.59. The molecule has 0 aromatic carbocycles. The molecule has 3 fully saturated rings. The number of hydrogen-bond acceptors (Lipinski definition) is 2. The Kier molecular flexibility index (Phi) is 1.97. The zero-order chi connectivity index (χ0) is 11.5. The van der Waals surface area contributed by atoms with Crippen molar-refractivity contribution in [1.29, 1.82) is 0 Å². The van der Waals surface area contributed by atoms with E-state index in [1.807, 2.05) is 18.5 Å². The van der Waals surface area contributed by atoms with Gasteiger partial charge in [-0.15, -0.1) is 0 Å². The maximum atomic E-state index is 6.78. The molecular weight excluding hydrogens is 208 g/mol. The number of hydrogen-bond donors (Lipinski definition) is 1. The van der Waals surface area contributed by atoms with E-state index < -0.39 is 0 Å². The highest BCUT2D eigenvalue weighted by atomic mass is 14.8. The second-order valence-electron chi connectivity index (χ2n) is 6.35. The summed E-state index contributed by atoms with van der Waals surface area (Å²) < 4.78 is 0. The van der Waals surface area contributed by atoms with E-state index in [1.165, 1.54) is 37.7 Å². The van der Waals surface area contributed by atoms with Gasteiger partial charge in [0, 0.05) is 17.9 Å². The molecule has 2 N–H and O–H groups in total. The molecule has 0 radical (unpaired) electrons. The Balaban J connectivity index is 1.73. The van der Waals surface area contributed by atoms with Crippen molar-refractivity contribution in [2.24, 2.45) is 29.4 Å². The molecule has 5 atom stereocenters. The summed E-state index contributed by atoms with van der Waals surface area (Å²) in [6.07, 6.45) is 10.7. The number of fused-ring (bicyclic) bond motifs is 5. The van der Waals surface area contributed by atoms with E-state index in [1.54, 1.807) is 0 Å². The van der Waals surface area contributed by atoms with Crippen LogP contribution in [-0.2, 0) is 5.54 Å². The topological polar surface area (TPSA) is 38.9 Å². The van der Waals surface area contributed by atoms with Crippen molar-refractivity contribution < 1.29 is 0 Å². The van der Waals surface area contributed by atoms with Crippen LogP contribution in [0.15, 0.2) is 24.5 Å². The summed E-state index contributed by atoms with van der Waals surface area (Å²) in [5.41, 5.74) is 7.99. The van der Waals surface area contributed by atoms with Crippen LogP contribution in [0, 0.1) is 23.7 Å². The van der Waals surface area contributed by atoms with Gasteiger partial charge in [0.25, 0.3) is 0 Å². The van der Waals surface area contributed by atoms with E-state index in [0.717, 1.165) is 23.7 Å². The first-order chi connectivity index (χ1) is 8.29. The first-order valence-electron chi connectivity index (χ1n) is 6.98. The van der Waals surface area contributed by atoms with Crippen LogP contribution in [0.2, 0.25) is 0 Å². The number of rotatable bonds is 1. The SMILES string of the molecule is NC1(c2cccnc2)CC2CC1C1CCCC21. The third-order valence-electron chi connectivity index (χ3n) is 5.76. The zero-order valence-corrected chi connectivity index (χ0v) is 10.2. The van der Waals surface area contributed by atoms with Gasteiger partial charge in [0.05, 0.1) is 0 Å². The summed E-state index contributed by atoms with van der Waals surface area (Å²) in [5.74, 6) is 3.55. The minimum absolute atomic E-state index is 0.0650. The average Bonchev–Trinajstić information content (AvgIpc) is 3.00. The molecule has 0 saturated heterocycles. The van der Waals surface area contributed by atoms with E-state index in [4.69, 9.17) is 5.73 Å². The number of pyridine rings is 1. The predicted molar refractivity (Wildman–Crippen MR) is 67.1 cm³/mol. The standard InChI is InChI=1S/C15H20N2/c16-15(11-3-2-6-17-9-11)8-10-7-14(15)13-5-1-4-12(10)13/h2-3,6,9-10,12-14H,1,4-5,7-8,16H2. The van der Waals surface area contributed by atoms with Crippen molar-refractivity contribution in [1.82, 2.24) is 4.98 Å². The molecular formula is C15H20N2. The van der Waals surface area contributed by atoms with Crippen molar-refractivity contribution in [2.75, 3.05) is 0 Å². The highest BCUT2D eigenvalue weighted by Crippen LogP contribution is 2.64. The first-order valence-corrected chi connectivity index (χ1v) is 6.98. The number of aromatic nitrogens is 1. The molecule has 2 heteroatoms. The summed E-state index contributed by atoms with van der Waals surface area (Å²) in [7, 11) is 0. The van der Waals surface area contributed by atoms with Gasteiger partial charge in [-0.05, 0) is 61.0 Å². The average molecular weight is 228 g/mol. The predicted octanol–water partition coefficient (Wildman–Crippen LogP) is 2.69. The molecule has 1 aromatic heterocycles.